The van der Waals surface area contributed by atoms with Gasteiger partial charge in [-0.2, -0.15) is 0 Å². The molecule has 37 heavy (non-hydrogen) atoms. The molecule has 2 aliphatic heterocycles. The number of rotatable bonds is 8. The minimum atomic E-state index is -0.969. The minimum absolute atomic E-state index is 0.0567. The molecule has 2 aromatic heterocycles. The monoisotopic (exact) mass is 584 g/mol. The molecule has 2 aromatic rings. The van der Waals surface area contributed by atoms with Crippen molar-refractivity contribution in [2.45, 2.75) is 49.7 Å². The second-order valence-corrected chi connectivity index (χ2v) is 9.01. The molecule has 0 aliphatic carbocycles. The summed E-state index contributed by atoms with van der Waals surface area (Å²) in [7, 11) is 0. The van der Waals surface area contributed by atoms with E-state index in [0.717, 1.165) is 4.57 Å². The van der Waals surface area contributed by atoms with Crippen molar-refractivity contribution >= 4 is 28.1 Å². The highest BCUT2D eigenvalue weighted by atomic mass is 79.9. The van der Waals surface area contributed by atoms with Gasteiger partial charge < -0.3 is 29.5 Å². The molecule has 14 nitrogen and oxygen atoms in total. The van der Waals surface area contributed by atoms with Crippen molar-refractivity contribution < 1.29 is 29.5 Å². The average molecular weight is 585 g/mol. The molecule has 0 spiro atoms. The number of halogens is 1. The van der Waals surface area contributed by atoms with Crippen molar-refractivity contribution in [1.82, 2.24) is 19.1 Å². The van der Waals surface area contributed by atoms with Gasteiger partial charge in [0, 0.05) is 25.2 Å². The van der Waals surface area contributed by atoms with Gasteiger partial charge in [0.05, 0.1) is 36.2 Å². The Kier molecular flexibility index (Phi) is 8.41. The Morgan fingerprint density at radius 2 is 1.43 bits per heavy atom. The van der Waals surface area contributed by atoms with Crippen molar-refractivity contribution in [2.75, 3.05) is 13.2 Å². The van der Waals surface area contributed by atoms with Gasteiger partial charge in [0.25, 0.3) is 11.1 Å². The quantitative estimate of drug-likeness (QED) is 0.233. The molecule has 0 radical (unpaired) electrons. The zero-order chi connectivity index (χ0) is 26.7. The molecule has 6 atom stereocenters. The maximum atomic E-state index is 12.2. The summed E-state index contributed by atoms with van der Waals surface area (Å²) in [5.41, 5.74) is -2.39. The first-order chi connectivity index (χ1) is 17.7. The second kappa shape index (κ2) is 11.5. The molecule has 0 unspecified atom stereocenters. The molecule has 4 heterocycles. The first-order valence-corrected chi connectivity index (χ1v) is 12.2. The molecule has 0 amide bonds. The van der Waals surface area contributed by atoms with E-state index in [2.05, 4.69) is 25.9 Å². The lowest BCUT2D eigenvalue weighted by atomic mass is 10.2. The van der Waals surface area contributed by atoms with Crippen LogP contribution in [0.2, 0.25) is 0 Å². The van der Waals surface area contributed by atoms with E-state index < -0.39 is 66.0 Å². The summed E-state index contributed by atoms with van der Waals surface area (Å²) in [5, 5.41) is 29.5. The number of aromatic nitrogens is 4. The van der Waals surface area contributed by atoms with Crippen LogP contribution in [0, 0.1) is 0 Å². The van der Waals surface area contributed by atoms with Crippen LogP contribution in [0.25, 0.3) is 12.2 Å². The van der Waals surface area contributed by atoms with Crippen LogP contribution in [0.1, 0.15) is 36.4 Å². The highest BCUT2D eigenvalue weighted by Gasteiger charge is 2.36. The molecule has 0 aromatic carbocycles. The smallest absolute Gasteiger partial charge is 0.330 e. The number of aliphatic hydroxyl groups excluding tert-OH is 3. The Labute approximate surface area is 216 Å². The molecule has 2 saturated heterocycles. The molecule has 2 aliphatic rings. The van der Waals surface area contributed by atoms with Gasteiger partial charge in [-0.3, -0.25) is 28.7 Å². The van der Waals surface area contributed by atoms with E-state index in [-0.39, 0.29) is 30.6 Å². The number of ether oxygens (including phenoxy) is 3. The van der Waals surface area contributed by atoms with Crippen LogP contribution < -0.4 is 22.5 Å². The molecule has 2 fully saturated rings. The van der Waals surface area contributed by atoms with Crippen molar-refractivity contribution in [1.29, 1.82) is 0 Å². The van der Waals surface area contributed by atoms with Crippen LogP contribution in [-0.2, 0) is 14.2 Å². The van der Waals surface area contributed by atoms with Gasteiger partial charge in [0.1, 0.15) is 31.3 Å². The number of aliphatic hydroxyl groups is 3. The normalized spacial score (nSPS) is 28.0. The van der Waals surface area contributed by atoms with Gasteiger partial charge in [0.15, 0.2) is 0 Å². The highest BCUT2D eigenvalue weighted by molar-refractivity contribution is 9.11. The Hall–Kier alpha value is -3.08. The third-order valence-corrected chi connectivity index (χ3v) is 6.31. The van der Waals surface area contributed by atoms with Crippen molar-refractivity contribution in [3.8, 4) is 0 Å². The van der Waals surface area contributed by atoms with Crippen LogP contribution in [0.15, 0.2) is 42.8 Å². The Bertz CT molecular complexity index is 1410. The summed E-state index contributed by atoms with van der Waals surface area (Å²) in [5.74, 6) is 0. The third kappa shape index (κ3) is 5.92. The summed E-state index contributed by atoms with van der Waals surface area (Å²) in [6.45, 7) is -0.535. The summed E-state index contributed by atoms with van der Waals surface area (Å²) < 4.78 is 18.9. The molecular weight excluding hydrogens is 560 g/mol. The molecule has 0 saturated carbocycles. The van der Waals surface area contributed by atoms with E-state index >= 15 is 0 Å². The summed E-state index contributed by atoms with van der Waals surface area (Å²) in [4.78, 5) is 54.3. The maximum absolute atomic E-state index is 12.2. The van der Waals surface area contributed by atoms with Crippen LogP contribution in [0.5, 0.6) is 0 Å². The van der Waals surface area contributed by atoms with Gasteiger partial charge >= 0.3 is 11.4 Å². The lowest BCUT2D eigenvalue weighted by molar-refractivity contribution is -0.0483. The maximum Gasteiger partial charge on any atom is 0.330 e. The molecule has 4 rings (SSSR count). The number of hydrogen-bond donors (Lipinski definition) is 5. The van der Waals surface area contributed by atoms with Gasteiger partial charge in [-0.1, -0.05) is 15.9 Å². The van der Waals surface area contributed by atoms with Gasteiger partial charge in [-0.15, -0.1) is 0 Å². The molecule has 15 heteroatoms. The van der Waals surface area contributed by atoms with Crippen molar-refractivity contribution in [2.24, 2.45) is 0 Å². The predicted octanol–water partition coefficient (Wildman–Crippen LogP) is -1.27. The summed E-state index contributed by atoms with van der Waals surface area (Å²) in [6.07, 6.45) is 1.38. The fourth-order valence-corrected chi connectivity index (χ4v) is 4.38. The molecular formula is C22H25BrN4O10. The second-order valence-electron chi connectivity index (χ2n) is 8.48. The Balaban J connectivity index is 1.41. The largest absolute Gasteiger partial charge is 0.498 e. The fourth-order valence-electron chi connectivity index (χ4n) is 4.09. The Morgan fingerprint density at radius 3 is 1.95 bits per heavy atom. The Morgan fingerprint density at radius 1 is 0.919 bits per heavy atom. The highest BCUT2D eigenvalue weighted by Crippen LogP contribution is 2.28. The van der Waals surface area contributed by atoms with E-state index in [1.54, 1.807) is 0 Å². The van der Waals surface area contributed by atoms with Crippen LogP contribution in [0.4, 0.5) is 0 Å². The van der Waals surface area contributed by atoms with Gasteiger partial charge in [-0.05, 0) is 17.1 Å². The minimum Gasteiger partial charge on any atom is -0.498 e. The van der Waals surface area contributed by atoms with E-state index in [4.69, 9.17) is 14.2 Å². The first-order valence-electron chi connectivity index (χ1n) is 11.3. The van der Waals surface area contributed by atoms with Crippen LogP contribution in [0.3, 0.4) is 0 Å². The van der Waals surface area contributed by atoms with E-state index in [1.165, 1.54) is 40.4 Å². The number of hydrogen-bond acceptors (Lipinski definition) is 10. The number of aromatic amines is 2. The molecule has 0 bridgehead atoms. The number of nitrogens with zero attached hydrogens (tertiary/aromatic N) is 2. The van der Waals surface area contributed by atoms with E-state index in [9.17, 15) is 34.5 Å². The first kappa shape index (κ1) is 27.0. The van der Waals surface area contributed by atoms with Gasteiger partial charge in [-0.25, -0.2) is 9.59 Å². The van der Waals surface area contributed by atoms with E-state index in [0.29, 0.717) is 0 Å². The molecule has 200 valence electrons. The van der Waals surface area contributed by atoms with E-state index in [1.807, 2.05) is 0 Å². The number of nitrogens with one attached hydrogen (secondary N) is 2. The van der Waals surface area contributed by atoms with Crippen molar-refractivity contribution in [3.63, 3.8) is 0 Å². The zero-order valence-electron chi connectivity index (χ0n) is 19.2. The lowest BCUT2D eigenvalue weighted by Gasteiger charge is -2.16. The molecule has 5 N–H and O–H groups in total. The van der Waals surface area contributed by atoms with Gasteiger partial charge in [0.2, 0.25) is 0 Å². The third-order valence-electron chi connectivity index (χ3n) is 6.05. The lowest BCUT2D eigenvalue weighted by Crippen LogP contribution is -2.33. The van der Waals surface area contributed by atoms with Crippen molar-refractivity contribution in [3.05, 3.63) is 76.4 Å². The fraction of sp³-hybridized carbons (Fsp3) is 0.455. The van der Waals surface area contributed by atoms with Crippen LogP contribution >= 0.6 is 15.9 Å². The number of H-pyrrole nitrogens is 2. The standard InChI is InChI=1S/C22H25BrN4O10/c23-3-1-11-7-26(21(33)24-19(11)31)18-6-14(30)16(37-18)10-35-4-2-12-8-27(22(34)25-20(12)32)17-5-13(29)15(9-28)36-17/h1-4,7-8,13-18,28-30H,5-6,9-10H2,(H,24,31,33)(H,25,32,34)/b3-1+,4-2+/t13-,14-,15+,16+,17+,18+/m0/s1. The zero-order valence-corrected chi connectivity index (χ0v) is 20.8. The summed E-state index contributed by atoms with van der Waals surface area (Å²) in [6, 6.07) is 0. The summed E-state index contributed by atoms with van der Waals surface area (Å²) >= 11 is 3.08. The SMILES string of the molecule is O=c1[nH]c(=O)n([C@H]2C[C@H](O)[C@@H](CO)O2)cc1/C=C/OC[C@H]1O[C@@H](n2cc(/C=C/Br)c(=O)[nH]c2=O)C[C@@H]1O. The average Bonchev–Trinajstić information content (AvgIpc) is 3.41. The topological polar surface area (TPSA) is 198 Å². The van der Waals surface area contributed by atoms with Crippen LogP contribution in [-0.4, -0.2) is 72.1 Å². The predicted molar refractivity (Wildman–Crippen MR) is 132 cm³/mol.